The van der Waals surface area contributed by atoms with Gasteiger partial charge in [0, 0.05) is 24.4 Å². The number of rotatable bonds is 5. The van der Waals surface area contributed by atoms with Gasteiger partial charge in [0.1, 0.15) is 11.6 Å². The van der Waals surface area contributed by atoms with Crippen molar-refractivity contribution in [3.05, 3.63) is 36.5 Å². The lowest BCUT2D eigenvalue weighted by molar-refractivity contribution is -0.116. The van der Waals surface area contributed by atoms with Gasteiger partial charge in [-0.25, -0.2) is 9.97 Å². The van der Waals surface area contributed by atoms with Crippen molar-refractivity contribution >= 4 is 11.6 Å². The number of hydrogen-bond donors (Lipinski definition) is 2. The van der Waals surface area contributed by atoms with Crippen molar-refractivity contribution in [3.8, 4) is 5.82 Å². The summed E-state index contributed by atoms with van der Waals surface area (Å²) in [7, 11) is 0. The average molecular weight is 287 g/mol. The van der Waals surface area contributed by atoms with Gasteiger partial charge in [0.2, 0.25) is 5.91 Å². The molecule has 2 rings (SSSR count). The van der Waals surface area contributed by atoms with Crippen LogP contribution in [0.25, 0.3) is 5.82 Å². The van der Waals surface area contributed by atoms with Crippen LogP contribution in [0.5, 0.6) is 0 Å². The van der Waals surface area contributed by atoms with E-state index in [-0.39, 0.29) is 11.4 Å². The van der Waals surface area contributed by atoms with E-state index in [0.29, 0.717) is 18.5 Å². The van der Waals surface area contributed by atoms with E-state index < -0.39 is 0 Å². The van der Waals surface area contributed by atoms with E-state index in [1.807, 2.05) is 43.7 Å². The van der Waals surface area contributed by atoms with Crippen LogP contribution >= 0.6 is 0 Å². The molecular formula is C15H21N5O. The Morgan fingerprint density at radius 2 is 2.14 bits per heavy atom. The highest BCUT2D eigenvalue weighted by atomic mass is 16.1. The molecule has 0 aliphatic rings. The molecule has 2 aromatic rings. The number of imidazole rings is 1. The molecule has 6 heteroatoms. The van der Waals surface area contributed by atoms with Crippen molar-refractivity contribution in [3.63, 3.8) is 0 Å². The minimum absolute atomic E-state index is 0.0538. The number of nitrogens with two attached hydrogens (primary N) is 1. The van der Waals surface area contributed by atoms with Gasteiger partial charge >= 0.3 is 0 Å². The predicted octanol–water partition coefficient (Wildman–Crippen LogP) is 2.03. The number of aryl methyl sites for hydroxylation is 1. The van der Waals surface area contributed by atoms with Crippen LogP contribution in [0.15, 0.2) is 30.7 Å². The third kappa shape index (κ3) is 4.39. The lowest BCUT2D eigenvalue weighted by atomic mass is 10.00. The highest BCUT2D eigenvalue weighted by Gasteiger charge is 2.13. The van der Waals surface area contributed by atoms with Crippen LogP contribution in [0.2, 0.25) is 0 Å². The van der Waals surface area contributed by atoms with Gasteiger partial charge in [-0.15, -0.1) is 0 Å². The first-order valence-corrected chi connectivity index (χ1v) is 6.90. The van der Waals surface area contributed by atoms with Crippen LogP contribution < -0.4 is 11.1 Å². The molecule has 0 aliphatic carbocycles. The van der Waals surface area contributed by atoms with E-state index in [1.54, 1.807) is 12.4 Å². The summed E-state index contributed by atoms with van der Waals surface area (Å²) in [6.45, 7) is 5.72. The summed E-state index contributed by atoms with van der Waals surface area (Å²) < 4.78 is 1.88. The lowest BCUT2D eigenvalue weighted by Gasteiger charge is -2.17. The second kappa shape index (κ2) is 6.05. The molecule has 6 nitrogen and oxygen atoms in total. The van der Waals surface area contributed by atoms with Crippen LogP contribution in [-0.4, -0.2) is 26.0 Å². The molecule has 0 unspecified atom stereocenters. The zero-order valence-corrected chi connectivity index (χ0v) is 12.6. The van der Waals surface area contributed by atoms with Gasteiger partial charge < -0.3 is 11.1 Å². The van der Waals surface area contributed by atoms with Crippen molar-refractivity contribution in [2.75, 3.05) is 5.32 Å². The molecule has 0 radical (unpaired) electrons. The normalized spacial score (nSPS) is 11.4. The summed E-state index contributed by atoms with van der Waals surface area (Å²) >= 11 is 0. The maximum absolute atomic E-state index is 11.8. The monoisotopic (exact) mass is 287 g/mol. The number of carbonyl (C=O) groups excluding carboxylic acids is 1. The molecule has 0 aromatic carbocycles. The first-order chi connectivity index (χ1) is 9.85. The maximum Gasteiger partial charge on any atom is 0.224 e. The fraction of sp³-hybridized carbons (Fsp3) is 0.400. The zero-order valence-electron chi connectivity index (χ0n) is 12.6. The van der Waals surface area contributed by atoms with Crippen molar-refractivity contribution in [2.45, 2.75) is 39.2 Å². The summed E-state index contributed by atoms with van der Waals surface area (Å²) in [4.78, 5) is 20.3. The molecule has 0 bridgehead atoms. The number of nitrogens with zero attached hydrogens (tertiary/aromatic N) is 3. The molecular weight excluding hydrogens is 266 g/mol. The summed E-state index contributed by atoms with van der Waals surface area (Å²) in [5.41, 5.74) is 6.21. The van der Waals surface area contributed by atoms with Crippen molar-refractivity contribution in [1.82, 2.24) is 14.5 Å². The van der Waals surface area contributed by atoms with E-state index >= 15 is 0 Å². The molecule has 2 heterocycles. The topological polar surface area (TPSA) is 85.8 Å². The van der Waals surface area contributed by atoms with Crippen molar-refractivity contribution in [2.24, 2.45) is 5.73 Å². The molecule has 0 aliphatic heterocycles. The summed E-state index contributed by atoms with van der Waals surface area (Å²) in [5.74, 6) is 1.58. The van der Waals surface area contributed by atoms with Crippen LogP contribution in [0, 0.1) is 6.92 Å². The van der Waals surface area contributed by atoms with Crippen LogP contribution in [0.4, 0.5) is 5.69 Å². The molecule has 0 saturated carbocycles. The fourth-order valence-corrected chi connectivity index (χ4v) is 1.88. The van der Waals surface area contributed by atoms with Crippen LogP contribution in [-0.2, 0) is 4.79 Å². The highest BCUT2D eigenvalue weighted by molar-refractivity contribution is 5.90. The van der Waals surface area contributed by atoms with E-state index in [4.69, 9.17) is 5.73 Å². The van der Waals surface area contributed by atoms with Crippen molar-refractivity contribution < 1.29 is 4.79 Å². The largest absolute Gasteiger partial charge is 0.326 e. The standard InChI is InChI=1S/C15H21N5O/c1-11-17-8-9-20(11)13-5-4-12(10-18-13)19-14(21)6-7-15(2,3)16/h4-5,8-10H,6-7,16H2,1-3H3,(H,19,21). The first-order valence-electron chi connectivity index (χ1n) is 6.90. The van der Waals surface area contributed by atoms with Crippen LogP contribution in [0.3, 0.4) is 0 Å². The first kappa shape index (κ1) is 15.2. The predicted molar refractivity (Wildman–Crippen MR) is 82.2 cm³/mol. The number of pyridine rings is 1. The lowest BCUT2D eigenvalue weighted by Crippen LogP contribution is -2.33. The Morgan fingerprint density at radius 3 is 2.67 bits per heavy atom. The Bertz CT molecular complexity index is 610. The number of aromatic nitrogens is 3. The van der Waals surface area contributed by atoms with Gasteiger partial charge in [-0.2, -0.15) is 0 Å². The Kier molecular flexibility index (Phi) is 4.37. The van der Waals surface area contributed by atoms with Gasteiger partial charge in [0.05, 0.1) is 11.9 Å². The van der Waals surface area contributed by atoms with E-state index in [2.05, 4.69) is 15.3 Å². The third-order valence-electron chi connectivity index (χ3n) is 3.10. The quantitative estimate of drug-likeness (QED) is 0.881. The zero-order chi connectivity index (χ0) is 15.5. The molecule has 0 saturated heterocycles. The molecule has 0 atom stereocenters. The Balaban J connectivity index is 1.97. The highest BCUT2D eigenvalue weighted by Crippen LogP contribution is 2.13. The van der Waals surface area contributed by atoms with Crippen LogP contribution in [0.1, 0.15) is 32.5 Å². The minimum Gasteiger partial charge on any atom is -0.326 e. The summed E-state index contributed by atoms with van der Waals surface area (Å²) in [6, 6.07) is 3.67. The Labute approximate surface area is 124 Å². The molecule has 21 heavy (non-hydrogen) atoms. The number of hydrogen-bond acceptors (Lipinski definition) is 4. The van der Waals surface area contributed by atoms with Gasteiger partial charge in [0.15, 0.2) is 0 Å². The Morgan fingerprint density at radius 1 is 1.38 bits per heavy atom. The third-order valence-corrected chi connectivity index (χ3v) is 3.10. The van der Waals surface area contributed by atoms with Gasteiger partial charge in [-0.05, 0) is 39.3 Å². The summed E-state index contributed by atoms with van der Waals surface area (Å²) in [6.07, 6.45) is 6.24. The average Bonchev–Trinajstić information content (AvgIpc) is 2.83. The van der Waals surface area contributed by atoms with E-state index in [0.717, 1.165) is 11.6 Å². The molecule has 1 amide bonds. The number of nitrogens with one attached hydrogen (secondary N) is 1. The van der Waals surface area contributed by atoms with Gasteiger partial charge in [-0.1, -0.05) is 0 Å². The molecule has 0 fully saturated rings. The minimum atomic E-state index is -0.335. The number of amides is 1. The van der Waals surface area contributed by atoms with E-state index in [9.17, 15) is 4.79 Å². The Hall–Kier alpha value is -2.21. The second-order valence-corrected chi connectivity index (χ2v) is 5.79. The summed E-state index contributed by atoms with van der Waals surface area (Å²) in [5, 5.41) is 2.82. The molecule has 0 spiro atoms. The maximum atomic E-state index is 11.8. The van der Waals surface area contributed by atoms with Crippen molar-refractivity contribution in [1.29, 1.82) is 0 Å². The second-order valence-electron chi connectivity index (χ2n) is 5.79. The number of carbonyl (C=O) groups is 1. The fourth-order valence-electron chi connectivity index (χ4n) is 1.88. The number of anilines is 1. The van der Waals surface area contributed by atoms with Gasteiger partial charge in [0.25, 0.3) is 0 Å². The molecule has 2 aromatic heterocycles. The van der Waals surface area contributed by atoms with E-state index in [1.165, 1.54) is 0 Å². The van der Waals surface area contributed by atoms with Gasteiger partial charge in [-0.3, -0.25) is 9.36 Å². The smallest absolute Gasteiger partial charge is 0.224 e. The molecule has 3 N–H and O–H groups in total. The SMILES string of the molecule is Cc1nccn1-c1ccc(NC(=O)CCC(C)(C)N)cn1. The molecule has 112 valence electrons.